The molecular formula is C34H32FN3O4. The van der Waals surface area contributed by atoms with Crippen molar-refractivity contribution in [1.82, 2.24) is 9.80 Å². The maximum atomic E-state index is 14.7. The Labute approximate surface area is 244 Å². The Morgan fingerprint density at radius 3 is 2.29 bits per heavy atom. The Hall–Kier alpha value is -4.69. The molecule has 6 rings (SSSR count). The highest BCUT2D eigenvalue weighted by molar-refractivity contribution is 6.23. The van der Waals surface area contributed by atoms with Crippen LogP contribution >= 0.6 is 0 Å². The van der Waals surface area contributed by atoms with Gasteiger partial charge in [-0.15, -0.1) is 0 Å². The van der Waals surface area contributed by atoms with Gasteiger partial charge in [0.25, 0.3) is 5.91 Å². The molecule has 2 aliphatic rings. The molecular weight excluding hydrogens is 533 g/mol. The van der Waals surface area contributed by atoms with Crippen LogP contribution in [0.5, 0.6) is 11.5 Å². The number of piperidine rings is 1. The summed E-state index contributed by atoms with van der Waals surface area (Å²) in [5.41, 5.74) is 2.84. The minimum atomic E-state index is -1.07. The number of hydrogen-bond donors (Lipinski definition) is 1. The number of benzene rings is 4. The Morgan fingerprint density at radius 1 is 0.833 bits per heavy atom. The number of halogens is 1. The van der Waals surface area contributed by atoms with E-state index in [4.69, 9.17) is 4.74 Å². The van der Waals surface area contributed by atoms with E-state index >= 15 is 0 Å². The van der Waals surface area contributed by atoms with Crippen molar-refractivity contribution in [3.05, 3.63) is 114 Å². The van der Waals surface area contributed by atoms with E-state index in [0.29, 0.717) is 49.5 Å². The van der Waals surface area contributed by atoms with Crippen molar-refractivity contribution in [3.8, 4) is 22.6 Å². The first-order valence-corrected chi connectivity index (χ1v) is 14.0. The predicted octanol–water partition coefficient (Wildman–Crippen LogP) is 6.21. The van der Waals surface area contributed by atoms with Crippen LogP contribution in [-0.4, -0.2) is 52.6 Å². The lowest BCUT2D eigenvalue weighted by Gasteiger charge is -2.42. The molecule has 7 nitrogen and oxygen atoms in total. The van der Waals surface area contributed by atoms with Crippen molar-refractivity contribution in [2.24, 2.45) is 0 Å². The fourth-order valence-corrected chi connectivity index (χ4v) is 6.02. The van der Waals surface area contributed by atoms with Gasteiger partial charge >= 0.3 is 6.03 Å². The molecule has 0 saturated carbocycles. The number of carbonyl (C=O) groups excluding carboxylic acids is 2. The molecule has 1 N–H and O–H groups in total. The average Bonchev–Trinajstić information content (AvgIpc) is 3.20. The lowest BCUT2D eigenvalue weighted by atomic mass is 9.85. The molecule has 4 aromatic carbocycles. The van der Waals surface area contributed by atoms with Crippen molar-refractivity contribution in [2.45, 2.75) is 31.5 Å². The van der Waals surface area contributed by atoms with E-state index < -0.39 is 17.4 Å². The van der Waals surface area contributed by atoms with E-state index in [1.165, 1.54) is 18.1 Å². The number of nitrogens with zero attached hydrogens (tertiary/aromatic N) is 3. The fraction of sp³-hybridized carbons (Fsp3) is 0.235. The number of phenols is 1. The number of anilines is 1. The number of carbonyl (C=O) groups is 2. The zero-order chi connectivity index (χ0) is 29.3. The van der Waals surface area contributed by atoms with Gasteiger partial charge in [0.1, 0.15) is 22.9 Å². The van der Waals surface area contributed by atoms with Crippen LogP contribution < -0.4 is 9.64 Å². The van der Waals surface area contributed by atoms with Crippen molar-refractivity contribution in [2.75, 3.05) is 25.1 Å². The zero-order valence-corrected chi connectivity index (χ0v) is 23.4. The Kier molecular flexibility index (Phi) is 7.39. The Balaban J connectivity index is 1.23. The number of phenolic OH excluding ortho intramolecular Hbond substituents is 1. The second-order valence-electron chi connectivity index (χ2n) is 10.9. The monoisotopic (exact) mass is 565 g/mol. The Bertz CT molecular complexity index is 1620. The number of amides is 3. The molecule has 3 amide bonds. The average molecular weight is 566 g/mol. The number of urea groups is 1. The first kappa shape index (κ1) is 27.5. The van der Waals surface area contributed by atoms with Gasteiger partial charge in [-0.05, 0) is 59.9 Å². The van der Waals surface area contributed by atoms with Crippen LogP contribution in [0.4, 0.5) is 14.9 Å². The van der Waals surface area contributed by atoms with E-state index in [0.717, 1.165) is 16.7 Å². The van der Waals surface area contributed by atoms with Crippen LogP contribution in [0.25, 0.3) is 11.1 Å². The minimum Gasteiger partial charge on any atom is -0.508 e. The van der Waals surface area contributed by atoms with Gasteiger partial charge in [0, 0.05) is 31.3 Å². The predicted molar refractivity (Wildman–Crippen MR) is 159 cm³/mol. The maximum absolute atomic E-state index is 14.7. The molecule has 214 valence electrons. The molecule has 2 fully saturated rings. The normalized spacial score (nSPS) is 16.8. The van der Waals surface area contributed by atoms with Crippen molar-refractivity contribution in [3.63, 3.8) is 0 Å². The number of rotatable bonds is 7. The number of hydrogen-bond acceptors (Lipinski definition) is 5. The third-order valence-electron chi connectivity index (χ3n) is 8.36. The molecule has 8 heteroatoms. The molecule has 4 aromatic rings. The van der Waals surface area contributed by atoms with Crippen LogP contribution in [0.1, 0.15) is 24.0 Å². The summed E-state index contributed by atoms with van der Waals surface area (Å²) in [5, 5.41) is 9.81. The van der Waals surface area contributed by atoms with Crippen LogP contribution in [0, 0.1) is 5.82 Å². The summed E-state index contributed by atoms with van der Waals surface area (Å²) in [4.78, 5) is 33.1. The second kappa shape index (κ2) is 11.3. The second-order valence-corrected chi connectivity index (χ2v) is 10.9. The van der Waals surface area contributed by atoms with Gasteiger partial charge in [0.15, 0.2) is 0 Å². The number of likely N-dealkylation sites (tertiary alicyclic amines) is 1. The number of ether oxygens (including phenoxy) is 1. The molecule has 0 atom stereocenters. The molecule has 2 aliphatic heterocycles. The summed E-state index contributed by atoms with van der Waals surface area (Å²) in [7, 11) is 1.54. The molecule has 0 unspecified atom stereocenters. The lowest BCUT2D eigenvalue weighted by molar-refractivity contribution is -0.127. The van der Waals surface area contributed by atoms with Crippen LogP contribution in [-0.2, 0) is 17.9 Å². The fourth-order valence-electron chi connectivity index (χ4n) is 6.02. The van der Waals surface area contributed by atoms with Gasteiger partial charge < -0.3 is 14.7 Å². The summed E-state index contributed by atoms with van der Waals surface area (Å²) >= 11 is 0. The molecule has 1 spiro atoms. The zero-order valence-electron chi connectivity index (χ0n) is 23.4. The van der Waals surface area contributed by atoms with Crippen molar-refractivity contribution < 1.29 is 23.8 Å². The highest BCUT2D eigenvalue weighted by Gasteiger charge is 2.58. The standard InChI is InChI=1S/C34H32FN3O4/c1-42-30-10-5-8-28(21-30)38-32(40)34(37(33(38)41)23-27-6-2-3-11-31(27)35)16-18-36(19-17-34)22-24-12-14-25(15-13-24)26-7-4-9-29(39)20-26/h2-15,20-21,39H,16-19,22-23H2,1H3. The van der Waals surface area contributed by atoms with Gasteiger partial charge in [-0.2, -0.15) is 0 Å². The molecule has 0 bridgehead atoms. The Morgan fingerprint density at radius 2 is 1.57 bits per heavy atom. The SMILES string of the molecule is COc1cccc(N2C(=O)N(Cc3ccccc3F)C3(CCN(Cc4ccc(-c5cccc(O)c5)cc4)CC3)C2=O)c1. The minimum absolute atomic E-state index is 0.00815. The van der Waals surface area contributed by atoms with Gasteiger partial charge in [0.05, 0.1) is 19.3 Å². The maximum Gasteiger partial charge on any atom is 0.332 e. The lowest BCUT2D eigenvalue weighted by Crippen LogP contribution is -2.56. The smallest absolute Gasteiger partial charge is 0.332 e. The summed E-state index contributed by atoms with van der Waals surface area (Å²) < 4.78 is 20.1. The van der Waals surface area contributed by atoms with Crippen molar-refractivity contribution >= 4 is 17.6 Å². The topological polar surface area (TPSA) is 73.3 Å². The van der Waals surface area contributed by atoms with E-state index in [1.54, 1.807) is 59.5 Å². The third-order valence-corrected chi connectivity index (χ3v) is 8.36. The van der Waals surface area contributed by atoms with E-state index in [2.05, 4.69) is 17.0 Å². The molecule has 2 saturated heterocycles. The first-order valence-electron chi connectivity index (χ1n) is 14.0. The molecule has 42 heavy (non-hydrogen) atoms. The van der Waals surface area contributed by atoms with Gasteiger partial charge in [-0.1, -0.05) is 60.7 Å². The van der Waals surface area contributed by atoms with Crippen LogP contribution in [0.2, 0.25) is 0 Å². The van der Waals surface area contributed by atoms with Crippen LogP contribution in [0.3, 0.4) is 0 Å². The molecule has 0 radical (unpaired) electrons. The number of aromatic hydroxyl groups is 1. The quantitative estimate of drug-likeness (QED) is 0.270. The largest absolute Gasteiger partial charge is 0.508 e. The summed E-state index contributed by atoms with van der Waals surface area (Å²) in [6, 6.07) is 28.2. The highest BCUT2D eigenvalue weighted by atomic mass is 19.1. The number of methoxy groups -OCH3 is 1. The first-order chi connectivity index (χ1) is 20.4. The number of imide groups is 1. The van der Waals surface area contributed by atoms with E-state index in [9.17, 15) is 19.1 Å². The summed E-state index contributed by atoms with van der Waals surface area (Å²) in [5.74, 6) is 0.0823. The summed E-state index contributed by atoms with van der Waals surface area (Å²) in [6.45, 7) is 1.92. The molecule has 0 aromatic heterocycles. The highest BCUT2D eigenvalue weighted by Crippen LogP contribution is 2.41. The molecule has 2 heterocycles. The van der Waals surface area contributed by atoms with Crippen molar-refractivity contribution in [1.29, 1.82) is 0 Å². The van der Waals surface area contributed by atoms with Gasteiger partial charge in [0.2, 0.25) is 0 Å². The third kappa shape index (κ3) is 5.10. The van der Waals surface area contributed by atoms with Gasteiger partial charge in [-0.3, -0.25) is 9.69 Å². The van der Waals surface area contributed by atoms with E-state index in [-0.39, 0.29) is 18.2 Å². The molecule has 0 aliphatic carbocycles. The van der Waals surface area contributed by atoms with Crippen LogP contribution in [0.15, 0.2) is 97.1 Å². The van der Waals surface area contributed by atoms with E-state index in [1.807, 2.05) is 24.3 Å². The summed E-state index contributed by atoms with van der Waals surface area (Å²) in [6.07, 6.45) is 0.877. The van der Waals surface area contributed by atoms with Gasteiger partial charge in [-0.25, -0.2) is 14.1 Å².